The Hall–Kier alpha value is -1.06. The van der Waals surface area contributed by atoms with Crippen LogP contribution in [0.4, 0.5) is 0 Å². The zero-order valence-electron chi connectivity index (χ0n) is 9.51. The van der Waals surface area contributed by atoms with Crippen LogP contribution in [0.2, 0.25) is 0 Å². The Morgan fingerprint density at radius 3 is 2.06 bits per heavy atom. The first-order valence-corrected chi connectivity index (χ1v) is 5.49. The average Bonchev–Trinajstić information content (AvgIpc) is 2.91. The molecule has 0 spiro atoms. The summed E-state index contributed by atoms with van der Waals surface area (Å²) in [7, 11) is 0. The molecule has 2 aliphatic rings. The van der Waals surface area contributed by atoms with Crippen LogP contribution in [0.15, 0.2) is 37.8 Å². The number of allylic oxidation sites excluding steroid dienone is 2. The SMILES string of the molecule is C=COC=C.OCC1(CO)CC2C=CC1C2. The van der Waals surface area contributed by atoms with Gasteiger partial charge in [0.05, 0.1) is 25.7 Å². The molecule has 0 radical (unpaired) electrons. The molecule has 2 atom stereocenters. The van der Waals surface area contributed by atoms with Gasteiger partial charge in [-0.05, 0) is 24.7 Å². The molecule has 16 heavy (non-hydrogen) atoms. The van der Waals surface area contributed by atoms with Crippen molar-refractivity contribution in [1.29, 1.82) is 0 Å². The minimum Gasteiger partial charge on any atom is -0.474 e. The predicted molar refractivity (Wildman–Crippen MR) is 63.4 cm³/mol. The lowest BCUT2D eigenvalue weighted by Gasteiger charge is -2.31. The maximum Gasteiger partial charge on any atom is 0.0829 e. The van der Waals surface area contributed by atoms with Crippen molar-refractivity contribution in [2.24, 2.45) is 17.3 Å². The molecule has 3 nitrogen and oxygen atoms in total. The molecule has 0 heterocycles. The van der Waals surface area contributed by atoms with E-state index in [1.54, 1.807) is 0 Å². The largest absolute Gasteiger partial charge is 0.474 e. The summed E-state index contributed by atoms with van der Waals surface area (Å²) in [5.41, 5.74) is -0.181. The smallest absolute Gasteiger partial charge is 0.0829 e. The molecule has 2 rings (SSSR count). The molecule has 2 N–H and O–H groups in total. The van der Waals surface area contributed by atoms with Gasteiger partial charge in [-0.15, -0.1) is 0 Å². The second-order valence-electron chi connectivity index (χ2n) is 4.34. The van der Waals surface area contributed by atoms with E-state index < -0.39 is 0 Å². The van der Waals surface area contributed by atoms with Gasteiger partial charge in [-0.1, -0.05) is 25.3 Å². The first-order valence-electron chi connectivity index (χ1n) is 5.49. The van der Waals surface area contributed by atoms with Gasteiger partial charge in [-0.2, -0.15) is 0 Å². The molecule has 0 aromatic rings. The zero-order valence-corrected chi connectivity index (χ0v) is 9.51. The lowest BCUT2D eigenvalue weighted by molar-refractivity contribution is 0.0335. The van der Waals surface area contributed by atoms with Crippen LogP contribution < -0.4 is 0 Å². The highest BCUT2D eigenvalue weighted by atomic mass is 16.5. The van der Waals surface area contributed by atoms with Gasteiger partial charge in [-0.25, -0.2) is 0 Å². The fourth-order valence-corrected chi connectivity index (χ4v) is 2.54. The highest BCUT2D eigenvalue weighted by Gasteiger charge is 2.47. The van der Waals surface area contributed by atoms with Crippen molar-refractivity contribution in [2.75, 3.05) is 13.2 Å². The van der Waals surface area contributed by atoms with Crippen molar-refractivity contribution in [3.8, 4) is 0 Å². The Balaban J connectivity index is 0.000000221. The van der Waals surface area contributed by atoms with Crippen molar-refractivity contribution in [3.05, 3.63) is 37.8 Å². The van der Waals surface area contributed by atoms with E-state index in [9.17, 15) is 0 Å². The van der Waals surface area contributed by atoms with Crippen molar-refractivity contribution < 1.29 is 14.9 Å². The third kappa shape index (κ3) is 2.54. The molecule has 2 unspecified atom stereocenters. The second-order valence-corrected chi connectivity index (χ2v) is 4.34. The fraction of sp³-hybridized carbons (Fsp3) is 0.538. The molecule has 0 aromatic heterocycles. The maximum absolute atomic E-state index is 9.14. The fourth-order valence-electron chi connectivity index (χ4n) is 2.54. The Labute approximate surface area is 96.7 Å². The number of ether oxygens (including phenoxy) is 1. The summed E-state index contributed by atoms with van der Waals surface area (Å²) in [5.74, 6) is 1.06. The lowest BCUT2D eigenvalue weighted by atomic mass is 9.77. The Kier molecular flexibility index (Phi) is 4.77. The van der Waals surface area contributed by atoms with E-state index in [-0.39, 0.29) is 18.6 Å². The van der Waals surface area contributed by atoms with E-state index in [1.165, 1.54) is 12.5 Å². The molecular formula is C13H20O3. The molecule has 1 saturated carbocycles. The third-order valence-electron chi connectivity index (χ3n) is 3.45. The van der Waals surface area contributed by atoms with Crippen LogP contribution in [0.5, 0.6) is 0 Å². The Morgan fingerprint density at radius 1 is 1.25 bits per heavy atom. The molecular weight excluding hydrogens is 204 g/mol. The van der Waals surface area contributed by atoms with Crippen LogP contribution in [0, 0.1) is 17.3 Å². The van der Waals surface area contributed by atoms with E-state index in [0.29, 0.717) is 11.8 Å². The summed E-state index contributed by atoms with van der Waals surface area (Å²) in [5, 5.41) is 18.3. The minimum atomic E-state index is -0.181. The molecule has 1 fully saturated rings. The van der Waals surface area contributed by atoms with Crippen molar-refractivity contribution >= 4 is 0 Å². The van der Waals surface area contributed by atoms with Gasteiger partial charge in [0.1, 0.15) is 0 Å². The van der Waals surface area contributed by atoms with Crippen molar-refractivity contribution in [2.45, 2.75) is 12.8 Å². The van der Waals surface area contributed by atoms with Gasteiger partial charge in [0.25, 0.3) is 0 Å². The first-order chi connectivity index (χ1) is 7.72. The average molecular weight is 224 g/mol. The van der Waals surface area contributed by atoms with Crippen molar-refractivity contribution in [1.82, 2.24) is 0 Å². The van der Waals surface area contributed by atoms with E-state index in [4.69, 9.17) is 10.2 Å². The van der Waals surface area contributed by atoms with Crippen LogP contribution >= 0.6 is 0 Å². The number of aliphatic hydroxyl groups is 2. The summed E-state index contributed by atoms with van der Waals surface area (Å²) in [6.07, 6.45) is 9.11. The monoisotopic (exact) mass is 224 g/mol. The van der Waals surface area contributed by atoms with Gasteiger partial charge in [0.15, 0.2) is 0 Å². The first kappa shape index (κ1) is 13.0. The standard InChI is InChI=1S/C9H14O2.C4H6O/c10-5-9(6-11)4-7-1-2-8(9)3-7;1-3-5-4-2/h1-2,7-8,10-11H,3-6H2;3-4H,1-2H2. The summed E-state index contributed by atoms with van der Waals surface area (Å²) in [6, 6.07) is 0. The van der Waals surface area contributed by atoms with Crippen molar-refractivity contribution in [3.63, 3.8) is 0 Å². The van der Waals surface area contributed by atoms with E-state index in [2.05, 4.69) is 30.0 Å². The number of hydrogen-bond acceptors (Lipinski definition) is 3. The highest BCUT2D eigenvalue weighted by Crippen LogP contribution is 2.51. The van der Waals surface area contributed by atoms with Crippen LogP contribution in [-0.2, 0) is 4.74 Å². The molecule has 2 bridgehead atoms. The number of fused-ring (bicyclic) bond motifs is 2. The molecule has 0 saturated heterocycles. The van der Waals surface area contributed by atoms with Gasteiger partial charge in [0.2, 0.25) is 0 Å². The topological polar surface area (TPSA) is 49.7 Å². The van der Waals surface area contributed by atoms with Crippen LogP contribution in [-0.4, -0.2) is 23.4 Å². The number of hydrogen-bond donors (Lipinski definition) is 2. The summed E-state index contributed by atoms with van der Waals surface area (Å²) < 4.78 is 4.36. The highest BCUT2D eigenvalue weighted by molar-refractivity contribution is 5.15. The number of aliphatic hydroxyl groups excluding tert-OH is 2. The molecule has 0 amide bonds. The molecule has 0 aromatic carbocycles. The lowest BCUT2D eigenvalue weighted by Crippen LogP contribution is -2.33. The normalized spacial score (nSPS) is 28.1. The molecule has 3 heteroatoms. The third-order valence-corrected chi connectivity index (χ3v) is 3.45. The van der Waals surface area contributed by atoms with Crippen LogP contribution in [0.3, 0.4) is 0 Å². The van der Waals surface area contributed by atoms with E-state index in [0.717, 1.165) is 12.8 Å². The maximum atomic E-state index is 9.14. The van der Waals surface area contributed by atoms with E-state index in [1.807, 2.05) is 0 Å². The quantitative estimate of drug-likeness (QED) is 0.566. The van der Waals surface area contributed by atoms with Gasteiger partial charge in [-0.3, -0.25) is 0 Å². The summed E-state index contributed by atoms with van der Waals surface area (Å²) in [4.78, 5) is 0. The van der Waals surface area contributed by atoms with Gasteiger partial charge < -0.3 is 14.9 Å². The molecule has 2 aliphatic carbocycles. The number of rotatable bonds is 4. The van der Waals surface area contributed by atoms with Crippen LogP contribution in [0.25, 0.3) is 0 Å². The zero-order chi connectivity index (χ0) is 12.0. The second kappa shape index (κ2) is 5.87. The summed E-state index contributed by atoms with van der Waals surface area (Å²) >= 11 is 0. The molecule has 0 aliphatic heterocycles. The Bertz CT molecular complexity index is 260. The predicted octanol–water partition coefficient (Wildman–Crippen LogP) is 1.84. The Morgan fingerprint density at radius 2 is 1.88 bits per heavy atom. The van der Waals surface area contributed by atoms with E-state index >= 15 is 0 Å². The molecule has 90 valence electrons. The van der Waals surface area contributed by atoms with Crippen LogP contribution in [0.1, 0.15) is 12.8 Å². The summed E-state index contributed by atoms with van der Waals surface area (Å²) in [6.45, 7) is 6.78. The van der Waals surface area contributed by atoms with Gasteiger partial charge in [0, 0.05) is 5.41 Å². The minimum absolute atomic E-state index is 0.134. The van der Waals surface area contributed by atoms with Gasteiger partial charge >= 0.3 is 0 Å².